The minimum atomic E-state index is -1.11. The van der Waals surface area contributed by atoms with Gasteiger partial charge in [-0.15, -0.1) is 0 Å². The van der Waals surface area contributed by atoms with Gasteiger partial charge in [-0.25, -0.2) is 4.79 Å². The number of ether oxygens (including phenoxy) is 3. The van der Waals surface area contributed by atoms with Crippen molar-refractivity contribution in [3.05, 3.63) is 18.5 Å². The molecule has 0 radical (unpaired) electrons. The minimum absolute atomic E-state index is 0.144. The molecule has 206 valence electrons. The van der Waals surface area contributed by atoms with Crippen molar-refractivity contribution in [3.63, 3.8) is 0 Å². The van der Waals surface area contributed by atoms with Crippen LogP contribution in [0.2, 0.25) is 0 Å². The maximum atomic E-state index is 13.3. The van der Waals surface area contributed by atoms with Crippen molar-refractivity contribution >= 4 is 23.7 Å². The lowest BCUT2D eigenvalue weighted by Crippen LogP contribution is -2.57. The lowest BCUT2D eigenvalue weighted by atomic mass is 9.94. The van der Waals surface area contributed by atoms with E-state index in [1.807, 2.05) is 33.8 Å². The maximum Gasteiger partial charge on any atom is 0.410 e. The van der Waals surface area contributed by atoms with Crippen LogP contribution in [0.5, 0.6) is 5.75 Å². The molecule has 10 nitrogen and oxygen atoms in total. The van der Waals surface area contributed by atoms with Crippen molar-refractivity contribution in [1.29, 1.82) is 0 Å². The molecule has 0 bridgehead atoms. The van der Waals surface area contributed by atoms with Gasteiger partial charge in [-0.05, 0) is 60.3 Å². The highest BCUT2D eigenvalue weighted by Gasteiger charge is 2.37. The molecule has 1 aromatic rings. The third-order valence-corrected chi connectivity index (χ3v) is 6.45. The lowest BCUT2D eigenvalue weighted by Gasteiger charge is -2.39. The zero-order valence-corrected chi connectivity index (χ0v) is 23.1. The average Bonchev–Trinajstić information content (AvgIpc) is 2.83. The van der Waals surface area contributed by atoms with Crippen LogP contribution in [0.15, 0.2) is 18.5 Å². The number of nitrogens with zero attached hydrogens (tertiary/aromatic N) is 4. The van der Waals surface area contributed by atoms with E-state index in [0.717, 1.165) is 31.6 Å². The highest BCUT2D eigenvalue weighted by Crippen LogP contribution is 2.29. The maximum absolute atomic E-state index is 13.3. The van der Waals surface area contributed by atoms with Crippen molar-refractivity contribution in [1.82, 2.24) is 14.8 Å². The molecular formula is C27H42N4O6. The summed E-state index contributed by atoms with van der Waals surface area (Å²) in [6.07, 6.45) is 5.41. The first-order valence-electron chi connectivity index (χ1n) is 13.2. The van der Waals surface area contributed by atoms with Crippen molar-refractivity contribution in [2.45, 2.75) is 72.0 Å². The molecule has 0 spiro atoms. The van der Waals surface area contributed by atoms with Crippen LogP contribution in [0.25, 0.3) is 0 Å². The second-order valence-corrected chi connectivity index (χ2v) is 11.2. The average molecular weight is 519 g/mol. The Kier molecular flexibility index (Phi) is 9.26. The second kappa shape index (κ2) is 12.0. The Balaban J connectivity index is 1.57. The number of carbonyl (C=O) groups excluding carboxylic acids is 3. The normalized spacial score (nSPS) is 18.9. The summed E-state index contributed by atoms with van der Waals surface area (Å²) >= 11 is 0. The smallest absolute Gasteiger partial charge is 0.410 e. The molecule has 0 aromatic carbocycles. The molecule has 2 saturated heterocycles. The number of piperazine rings is 1. The van der Waals surface area contributed by atoms with E-state index in [-0.39, 0.29) is 23.9 Å². The van der Waals surface area contributed by atoms with Crippen molar-refractivity contribution in [2.75, 3.05) is 50.8 Å². The fraction of sp³-hybridized carbons (Fsp3) is 0.704. The molecule has 2 fully saturated rings. The van der Waals surface area contributed by atoms with Gasteiger partial charge in [0.25, 0.3) is 5.91 Å². The van der Waals surface area contributed by atoms with Crippen LogP contribution >= 0.6 is 0 Å². The highest BCUT2D eigenvalue weighted by molar-refractivity contribution is 5.85. The van der Waals surface area contributed by atoms with E-state index < -0.39 is 11.2 Å². The summed E-state index contributed by atoms with van der Waals surface area (Å²) in [5, 5.41) is 0. The number of hydrogen-bond acceptors (Lipinski definition) is 8. The number of carbonyl (C=O) groups is 3. The quantitative estimate of drug-likeness (QED) is 0.506. The Morgan fingerprint density at radius 2 is 1.68 bits per heavy atom. The summed E-state index contributed by atoms with van der Waals surface area (Å²) in [4.78, 5) is 47.5. The fourth-order valence-electron chi connectivity index (χ4n) is 4.70. The summed E-state index contributed by atoms with van der Waals surface area (Å²) in [7, 11) is 0. The van der Waals surface area contributed by atoms with E-state index in [2.05, 4.69) is 9.88 Å². The molecule has 10 heteroatoms. The van der Waals surface area contributed by atoms with Gasteiger partial charge in [-0.1, -0.05) is 0 Å². The zero-order chi connectivity index (χ0) is 27.2. The zero-order valence-electron chi connectivity index (χ0n) is 23.1. The Morgan fingerprint density at radius 1 is 1.00 bits per heavy atom. The molecule has 2 aliphatic rings. The highest BCUT2D eigenvalue weighted by atomic mass is 16.6. The lowest BCUT2D eigenvalue weighted by molar-refractivity contribution is -0.147. The third kappa shape index (κ3) is 8.23. The van der Waals surface area contributed by atoms with Crippen LogP contribution < -0.4 is 9.64 Å². The van der Waals surface area contributed by atoms with E-state index in [9.17, 15) is 14.4 Å². The Morgan fingerprint density at radius 3 is 2.32 bits per heavy atom. The molecule has 2 amide bonds. The van der Waals surface area contributed by atoms with E-state index in [1.165, 1.54) is 0 Å². The molecule has 1 atom stereocenters. The van der Waals surface area contributed by atoms with E-state index in [0.29, 0.717) is 45.0 Å². The minimum Gasteiger partial charge on any atom is -0.476 e. The number of aromatic nitrogens is 1. The van der Waals surface area contributed by atoms with Gasteiger partial charge in [0.15, 0.2) is 5.60 Å². The van der Waals surface area contributed by atoms with Crippen molar-refractivity contribution in [2.24, 2.45) is 5.92 Å². The number of amides is 2. The van der Waals surface area contributed by atoms with Gasteiger partial charge in [-0.3, -0.25) is 14.6 Å². The summed E-state index contributed by atoms with van der Waals surface area (Å²) < 4.78 is 16.7. The Bertz CT molecular complexity index is 952. The van der Waals surface area contributed by atoms with Crippen LogP contribution in [0.4, 0.5) is 10.5 Å². The SMILES string of the molecule is CCOC(=O)C[C@@H]1CCCN(c2cncc(OC(C)(C)C(=O)N3CCN(C(=O)OC(C)(C)C)CC3)c2)C1. The van der Waals surface area contributed by atoms with Gasteiger partial charge in [0.05, 0.1) is 31.1 Å². The van der Waals surface area contributed by atoms with Crippen molar-refractivity contribution < 1.29 is 28.6 Å². The van der Waals surface area contributed by atoms with Crippen molar-refractivity contribution in [3.8, 4) is 5.75 Å². The molecule has 37 heavy (non-hydrogen) atoms. The van der Waals surface area contributed by atoms with E-state index in [4.69, 9.17) is 14.2 Å². The van der Waals surface area contributed by atoms with Gasteiger partial charge >= 0.3 is 12.1 Å². The number of rotatable bonds is 7. The van der Waals surface area contributed by atoms with Crippen LogP contribution in [0.1, 0.15) is 60.8 Å². The molecule has 2 aliphatic heterocycles. The van der Waals surface area contributed by atoms with Gasteiger partial charge in [-0.2, -0.15) is 0 Å². The van der Waals surface area contributed by atoms with E-state index in [1.54, 1.807) is 36.0 Å². The molecular weight excluding hydrogens is 476 g/mol. The largest absolute Gasteiger partial charge is 0.476 e. The topological polar surface area (TPSA) is 102 Å². The number of hydrogen-bond donors (Lipinski definition) is 0. The summed E-state index contributed by atoms with van der Waals surface area (Å²) in [5.41, 5.74) is -0.762. The predicted molar refractivity (Wildman–Crippen MR) is 140 cm³/mol. The van der Waals surface area contributed by atoms with Crippen LogP contribution in [0, 0.1) is 5.92 Å². The fourth-order valence-corrected chi connectivity index (χ4v) is 4.70. The Hall–Kier alpha value is -3.04. The monoisotopic (exact) mass is 518 g/mol. The summed E-state index contributed by atoms with van der Waals surface area (Å²) in [5.74, 6) is 0.441. The first-order chi connectivity index (χ1) is 17.4. The van der Waals surface area contributed by atoms with Gasteiger partial charge in [0.1, 0.15) is 11.4 Å². The van der Waals surface area contributed by atoms with Crippen LogP contribution in [-0.2, 0) is 19.1 Å². The second-order valence-electron chi connectivity index (χ2n) is 11.2. The summed E-state index contributed by atoms with van der Waals surface area (Å²) in [6, 6.07) is 1.90. The number of anilines is 1. The predicted octanol–water partition coefficient (Wildman–Crippen LogP) is 3.49. The van der Waals surface area contributed by atoms with E-state index >= 15 is 0 Å². The van der Waals surface area contributed by atoms with Gasteiger partial charge in [0.2, 0.25) is 0 Å². The molecule has 0 unspecified atom stereocenters. The van der Waals surface area contributed by atoms with Gasteiger partial charge < -0.3 is 28.9 Å². The van der Waals surface area contributed by atoms with Crippen LogP contribution in [-0.4, -0.2) is 89.8 Å². The third-order valence-electron chi connectivity index (χ3n) is 6.45. The number of piperidine rings is 1. The standard InChI is InChI=1S/C27H42N4O6/c1-7-35-23(32)15-20-9-8-10-31(19-20)21-16-22(18-28-17-21)36-27(5,6)24(33)29-11-13-30(14-12-29)25(34)37-26(2,3)4/h16-18,20H,7-15,19H2,1-6H3/t20-/m0/s1. The van der Waals surface area contributed by atoms with Crippen LogP contribution in [0.3, 0.4) is 0 Å². The molecule has 3 rings (SSSR count). The Labute approximate surface area is 220 Å². The first kappa shape index (κ1) is 28.5. The molecule has 3 heterocycles. The number of esters is 1. The molecule has 0 aliphatic carbocycles. The number of pyridine rings is 1. The summed E-state index contributed by atoms with van der Waals surface area (Å²) in [6.45, 7) is 14.5. The molecule has 0 saturated carbocycles. The van der Waals surface area contributed by atoms with Gasteiger partial charge in [0, 0.05) is 45.3 Å². The first-order valence-corrected chi connectivity index (χ1v) is 13.2. The molecule has 1 aromatic heterocycles. The molecule has 0 N–H and O–H groups in total.